The fourth-order valence-corrected chi connectivity index (χ4v) is 3.75. The first-order valence-electron chi connectivity index (χ1n) is 9.49. The van der Waals surface area contributed by atoms with E-state index in [4.69, 9.17) is 4.74 Å². The van der Waals surface area contributed by atoms with Gasteiger partial charge in [0.25, 0.3) is 5.91 Å². The maximum atomic E-state index is 12.8. The predicted molar refractivity (Wildman–Crippen MR) is 111 cm³/mol. The van der Waals surface area contributed by atoms with Crippen LogP contribution in [-0.2, 0) is 14.6 Å². The van der Waals surface area contributed by atoms with E-state index in [1.807, 2.05) is 39.8 Å². The van der Waals surface area contributed by atoms with Crippen molar-refractivity contribution in [3.63, 3.8) is 0 Å². The summed E-state index contributed by atoms with van der Waals surface area (Å²) in [6.07, 6.45) is 1.81. The molecule has 2 atom stereocenters. The van der Waals surface area contributed by atoms with E-state index in [0.717, 1.165) is 16.7 Å². The number of sulfone groups is 1. The van der Waals surface area contributed by atoms with E-state index in [0.29, 0.717) is 18.6 Å². The number of amides is 1. The van der Waals surface area contributed by atoms with Gasteiger partial charge in [0.2, 0.25) is 0 Å². The van der Waals surface area contributed by atoms with Crippen molar-refractivity contribution in [2.45, 2.75) is 57.6 Å². The summed E-state index contributed by atoms with van der Waals surface area (Å²) in [7, 11) is -3.24. The van der Waals surface area contributed by atoms with Crippen molar-refractivity contribution in [3.8, 4) is 5.75 Å². The number of rotatable bonds is 8. The number of ether oxygens (including phenoxy) is 1. The molecule has 0 aromatic heterocycles. The Morgan fingerprint density at radius 2 is 1.57 bits per heavy atom. The van der Waals surface area contributed by atoms with Crippen LogP contribution in [0.1, 0.15) is 49.4 Å². The monoisotopic (exact) mass is 403 g/mol. The molecule has 2 aromatic rings. The fraction of sp³-hybridized carbons (Fsp3) is 0.409. The lowest BCUT2D eigenvalue weighted by Gasteiger charge is -2.23. The molecule has 0 unspecified atom stereocenters. The summed E-state index contributed by atoms with van der Waals surface area (Å²) in [6, 6.07) is 12.3. The molecule has 0 bridgehead atoms. The molecule has 1 N–H and O–H groups in total. The van der Waals surface area contributed by atoms with Gasteiger partial charge in [0.1, 0.15) is 5.75 Å². The number of carbonyl (C=O) groups is 1. The first-order chi connectivity index (χ1) is 13.1. The molecule has 5 nitrogen and oxygen atoms in total. The molecule has 0 saturated carbocycles. The maximum Gasteiger partial charge on any atom is 0.261 e. The van der Waals surface area contributed by atoms with Gasteiger partial charge in [0.05, 0.1) is 10.9 Å². The van der Waals surface area contributed by atoms with E-state index in [1.165, 1.54) is 6.26 Å². The zero-order chi connectivity index (χ0) is 20.9. The minimum Gasteiger partial charge on any atom is -0.481 e. The van der Waals surface area contributed by atoms with Crippen molar-refractivity contribution in [2.75, 3.05) is 6.26 Å². The van der Waals surface area contributed by atoms with Gasteiger partial charge < -0.3 is 10.1 Å². The lowest BCUT2D eigenvalue weighted by Crippen LogP contribution is -2.40. The molecule has 0 saturated heterocycles. The fourth-order valence-electron chi connectivity index (χ4n) is 3.12. The van der Waals surface area contributed by atoms with Crippen molar-refractivity contribution >= 4 is 15.7 Å². The Morgan fingerprint density at radius 1 is 1.00 bits per heavy atom. The summed E-state index contributed by atoms with van der Waals surface area (Å²) in [5.74, 6) is 0.505. The molecular formula is C22H29NO4S. The Morgan fingerprint density at radius 3 is 2.04 bits per heavy atom. The van der Waals surface area contributed by atoms with Crippen LogP contribution in [0.25, 0.3) is 0 Å². The maximum absolute atomic E-state index is 12.8. The smallest absolute Gasteiger partial charge is 0.261 e. The van der Waals surface area contributed by atoms with Crippen molar-refractivity contribution in [1.29, 1.82) is 0 Å². The molecule has 152 valence electrons. The third-order valence-corrected chi connectivity index (χ3v) is 5.70. The van der Waals surface area contributed by atoms with Gasteiger partial charge in [-0.3, -0.25) is 4.79 Å². The van der Waals surface area contributed by atoms with Crippen LogP contribution in [0.15, 0.2) is 47.4 Å². The highest BCUT2D eigenvalue weighted by Crippen LogP contribution is 2.21. The van der Waals surface area contributed by atoms with Crippen LogP contribution in [0, 0.1) is 13.8 Å². The molecule has 2 rings (SSSR count). The zero-order valence-corrected chi connectivity index (χ0v) is 18.0. The molecular weight excluding hydrogens is 374 g/mol. The number of hydrogen-bond donors (Lipinski definition) is 1. The summed E-state index contributed by atoms with van der Waals surface area (Å²) in [6.45, 7) is 7.87. The lowest BCUT2D eigenvalue weighted by atomic mass is 10.0. The quantitative estimate of drug-likeness (QED) is 0.719. The SMILES string of the molecule is CC[C@H](Oc1cc(C)cc(C)c1)C(=O)N[C@@H](CC)c1ccc(S(C)(=O)=O)cc1. The third kappa shape index (κ3) is 5.83. The summed E-state index contributed by atoms with van der Waals surface area (Å²) in [5, 5.41) is 3.03. The summed E-state index contributed by atoms with van der Waals surface area (Å²) >= 11 is 0. The summed E-state index contributed by atoms with van der Waals surface area (Å²) in [4.78, 5) is 13.1. The Bertz CT molecular complexity index is 900. The second-order valence-electron chi connectivity index (χ2n) is 7.15. The third-order valence-electron chi connectivity index (χ3n) is 4.57. The Labute approximate surface area is 168 Å². The van der Waals surface area contributed by atoms with Gasteiger partial charge in [0, 0.05) is 6.26 Å². The van der Waals surface area contributed by atoms with Crippen molar-refractivity contribution < 1.29 is 17.9 Å². The topological polar surface area (TPSA) is 72.5 Å². The summed E-state index contributed by atoms with van der Waals surface area (Å²) < 4.78 is 29.2. The van der Waals surface area contributed by atoms with E-state index in [2.05, 4.69) is 11.4 Å². The minimum absolute atomic E-state index is 0.180. The first kappa shape index (κ1) is 22.0. The number of benzene rings is 2. The Kier molecular flexibility index (Phi) is 7.24. The van der Waals surface area contributed by atoms with Crippen LogP contribution in [0.2, 0.25) is 0 Å². The van der Waals surface area contributed by atoms with E-state index in [9.17, 15) is 13.2 Å². The molecule has 1 amide bonds. The van der Waals surface area contributed by atoms with Gasteiger partial charge in [-0.2, -0.15) is 0 Å². The molecule has 0 radical (unpaired) electrons. The van der Waals surface area contributed by atoms with E-state index in [1.54, 1.807) is 24.3 Å². The molecule has 0 fully saturated rings. The normalized spacial score (nSPS) is 13.6. The highest BCUT2D eigenvalue weighted by molar-refractivity contribution is 7.90. The molecule has 28 heavy (non-hydrogen) atoms. The van der Waals surface area contributed by atoms with E-state index < -0.39 is 15.9 Å². The number of aryl methyl sites for hydroxylation is 2. The molecule has 0 aliphatic carbocycles. The Hall–Kier alpha value is -2.34. The van der Waals surface area contributed by atoms with Gasteiger partial charge in [-0.05, 0) is 67.6 Å². The van der Waals surface area contributed by atoms with Crippen molar-refractivity contribution in [1.82, 2.24) is 5.32 Å². The molecule has 0 spiro atoms. The Balaban J connectivity index is 2.12. The van der Waals surface area contributed by atoms with Gasteiger partial charge >= 0.3 is 0 Å². The van der Waals surface area contributed by atoms with Crippen molar-refractivity contribution in [2.24, 2.45) is 0 Å². The van der Waals surface area contributed by atoms with Crippen molar-refractivity contribution in [3.05, 3.63) is 59.2 Å². The average Bonchev–Trinajstić information content (AvgIpc) is 2.62. The molecule has 6 heteroatoms. The van der Waals surface area contributed by atoms with Crippen LogP contribution >= 0.6 is 0 Å². The number of nitrogens with one attached hydrogen (secondary N) is 1. The van der Waals surface area contributed by atoms with Crippen LogP contribution < -0.4 is 10.1 Å². The van der Waals surface area contributed by atoms with Crippen LogP contribution in [0.3, 0.4) is 0 Å². The first-order valence-corrected chi connectivity index (χ1v) is 11.4. The highest BCUT2D eigenvalue weighted by atomic mass is 32.2. The van der Waals surface area contributed by atoms with E-state index >= 15 is 0 Å². The molecule has 0 aliphatic rings. The number of hydrogen-bond acceptors (Lipinski definition) is 4. The van der Waals surface area contributed by atoms with Gasteiger partial charge in [-0.15, -0.1) is 0 Å². The molecule has 2 aromatic carbocycles. The molecule has 0 heterocycles. The van der Waals surface area contributed by atoms with Gasteiger partial charge in [0.15, 0.2) is 15.9 Å². The lowest BCUT2D eigenvalue weighted by molar-refractivity contribution is -0.129. The average molecular weight is 404 g/mol. The molecule has 0 aliphatic heterocycles. The largest absolute Gasteiger partial charge is 0.481 e. The zero-order valence-electron chi connectivity index (χ0n) is 17.2. The van der Waals surface area contributed by atoms with E-state index in [-0.39, 0.29) is 16.8 Å². The van der Waals surface area contributed by atoms with Crippen LogP contribution in [0.5, 0.6) is 5.75 Å². The second kappa shape index (κ2) is 9.24. The van der Waals surface area contributed by atoms with Gasteiger partial charge in [-0.1, -0.05) is 32.0 Å². The predicted octanol–water partition coefficient (Wildman–Crippen LogP) is 4.13. The summed E-state index contributed by atoms with van der Waals surface area (Å²) in [5.41, 5.74) is 3.04. The number of carbonyl (C=O) groups excluding carboxylic acids is 1. The standard InChI is InChI=1S/C22H29NO4S/c1-6-20(17-8-10-19(11-9-17)28(5,25)26)23-22(24)21(7-2)27-18-13-15(3)12-16(4)14-18/h8-14,20-21H,6-7H2,1-5H3,(H,23,24)/t20-,21-/m0/s1. The highest BCUT2D eigenvalue weighted by Gasteiger charge is 2.22. The van der Waals surface area contributed by atoms with Gasteiger partial charge in [-0.25, -0.2) is 8.42 Å². The second-order valence-corrected chi connectivity index (χ2v) is 9.16. The minimum atomic E-state index is -3.24. The van der Waals surface area contributed by atoms with Crippen LogP contribution in [0.4, 0.5) is 0 Å². The van der Waals surface area contributed by atoms with Crippen LogP contribution in [-0.4, -0.2) is 26.7 Å².